The van der Waals surface area contributed by atoms with Crippen LogP contribution in [0.2, 0.25) is 0 Å². The summed E-state index contributed by atoms with van der Waals surface area (Å²) < 4.78 is 0. The van der Waals surface area contributed by atoms with E-state index < -0.39 is 5.97 Å². The largest absolute Gasteiger partial charge is 0.478 e. The minimum Gasteiger partial charge on any atom is -0.478 e. The number of nitrogens with one attached hydrogen (secondary N) is 1. The van der Waals surface area contributed by atoms with Gasteiger partial charge in [0, 0.05) is 32.0 Å². The van der Waals surface area contributed by atoms with Crippen molar-refractivity contribution in [3.05, 3.63) is 35.4 Å². The van der Waals surface area contributed by atoms with Crippen LogP contribution in [-0.4, -0.2) is 47.4 Å². The Balaban J connectivity index is 1.81. The first-order valence-corrected chi connectivity index (χ1v) is 8.89. The molecule has 1 heterocycles. The van der Waals surface area contributed by atoms with Crippen molar-refractivity contribution in [3.63, 3.8) is 0 Å². The van der Waals surface area contributed by atoms with Crippen LogP contribution >= 0.6 is 0 Å². The average molecular weight is 346 g/mol. The Morgan fingerprint density at radius 3 is 2.52 bits per heavy atom. The van der Waals surface area contributed by atoms with Crippen molar-refractivity contribution < 1.29 is 19.5 Å². The molecule has 0 atom stereocenters. The Morgan fingerprint density at radius 1 is 1.20 bits per heavy atom. The molecule has 2 amide bonds. The highest BCUT2D eigenvalue weighted by Gasteiger charge is 2.27. The monoisotopic (exact) mass is 346 g/mol. The van der Waals surface area contributed by atoms with Crippen molar-refractivity contribution in [2.75, 3.05) is 19.6 Å². The Labute approximate surface area is 148 Å². The molecule has 2 N–H and O–H groups in total. The van der Waals surface area contributed by atoms with Crippen molar-refractivity contribution >= 4 is 17.8 Å². The van der Waals surface area contributed by atoms with Gasteiger partial charge in [0.05, 0.1) is 5.56 Å². The fraction of sp³-hybridized carbons (Fsp3) is 0.526. The van der Waals surface area contributed by atoms with Gasteiger partial charge < -0.3 is 15.3 Å². The summed E-state index contributed by atoms with van der Waals surface area (Å²) in [6.45, 7) is 3.89. The van der Waals surface area contributed by atoms with E-state index in [1.54, 1.807) is 29.2 Å². The Hall–Kier alpha value is -2.37. The maximum absolute atomic E-state index is 12.4. The van der Waals surface area contributed by atoms with E-state index in [2.05, 4.69) is 5.32 Å². The van der Waals surface area contributed by atoms with E-state index >= 15 is 0 Å². The summed E-state index contributed by atoms with van der Waals surface area (Å²) in [4.78, 5) is 37.3. The zero-order valence-electron chi connectivity index (χ0n) is 14.7. The summed E-state index contributed by atoms with van der Waals surface area (Å²) in [7, 11) is 0. The molecule has 6 nitrogen and oxygen atoms in total. The molecule has 2 rings (SSSR count). The van der Waals surface area contributed by atoms with Gasteiger partial charge in [0.1, 0.15) is 0 Å². The number of carboxylic acids is 1. The summed E-state index contributed by atoms with van der Waals surface area (Å²) in [6.07, 6.45) is 3.00. The molecule has 25 heavy (non-hydrogen) atoms. The van der Waals surface area contributed by atoms with Gasteiger partial charge in [-0.2, -0.15) is 0 Å². The van der Waals surface area contributed by atoms with Gasteiger partial charge in [-0.1, -0.05) is 25.1 Å². The standard InChI is InChI=1S/C19H26N2O4/c1-2-11-20-18(23)15-9-12-21(13-10-15)17(22)8-7-14-5-3-4-6-16(14)19(24)25/h3-6,15H,2,7-13H2,1H3,(H,20,23)(H,24,25). The number of hydrogen-bond donors (Lipinski definition) is 2. The first-order valence-electron chi connectivity index (χ1n) is 8.89. The van der Waals surface area contributed by atoms with Crippen molar-refractivity contribution in [3.8, 4) is 0 Å². The molecule has 0 spiro atoms. The van der Waals surface area contributed by atoms with E-state index in [4.69, 9.17) is 0 Å². The number of hydrogen-bond acceptors (Lipinski definition) is 3. The predicted octanol–water partition coefficient (Wildman–Crippen LogP) is 2.08. The van der Waals surface area contributed by atoms with E-state index in [9.17, 15) is 19.5 Å². The van der Waals surface area contributed by atoms with Crippen molar-refractivity contribution in [2.24, 2.45) is 5.92 Å². The second kappa shape index (κ2) is 9.20. The fourth-order valence-electron chi connectivity index (χ4n) is 3.13. The molecule has 0 saturated carbocycles. The number of aromatic carboxylic acids is 1. The molecule has 0 aromatic heterocycles. The van der Waals surface area contributed by atoms with Gasteiger partial charge >= 0.3 is 5.97 Å². The quantitative estimate of drug-likeness (QED) is 0.791. The van der Waals surface area contributed by atoms with Crippen LogP contribution in [0.25, 0.3) is 0 Å². The molecule has 0 bridgehead atoms. The SMILES string of the molecule is CCCNC(=O)C1CCN(C(=O)CCc2ccccc2C(=O)O)CC1. The lowest BCUT2D eigenvalue weighted by molar-refractivity contribution is -0.135. The van der Waals surface area contributed by atoms with E-state index in [0.717, 1.165) is 6.42 Å². The average Bonchev–Trinajstić information content (AvgIpc) is 2.64. The van der Waals surface area contributed by atoms with Crippen LogP contribution in [-0.2, 0) is 16.0 Å². The van der Waals surface area contributed by atoms with Gasteiger partial charge in [0.25, 0.3) is 0 Å². The molecule has 1 fully saturated rings. The van der Waals surface area contributed by atoms with Crippen LogP contribution in [0.3, 0.4) is 0 Å². The van der Waals surface area contributed by atoms with Gasteiger partial charge in [0.15, 0.2) is 0 Å². The third kappa shape index (κ3) is 5.31. The van der Waals surface area contributed by atoms with Crippen molar-refractivity contribution in [1.82, 2.24) is 10.2 Å². The van der Waals surface area contributed by atoms with Crippen LogP contribution in [0, 0.1) is 5.92 Å². The minimum atomic E-state index is -0.970. The van der Waals surface area contributed by atoms with E-state index in [-0.39, 0.29) is 29.7 Å². The van der Waals surface area contributed by atoms with E-state index in [0.29, 0.717) is 44.5 Å². The number of nitrogens with zero attached hydrogens (tertiary/aromatic N) is 1. The molecule has 0 unspecified atom stereocenters. The van der Waals surface area contributed by atoms with Gasteiger partial charge in [-0.25, -0.2) is 4.79 Å². The molecular formula is C19H26N2O4. The lowest BCUT2D eigenvalue weighted by Gasteiger charge is -2.31. The number of amides is 2. The zero-order valence-corrected chi connectivity index (χ0v) is 14.7. The lowest BCUT2D eigenvalue weighted by atomic mass is 9.95. The highest BCUT2D eigenvalue weighted by molar-refractivity contribution is 5.89. The highest BCUT2D eigenvalue weighted by Crippen LogP contribution is 2.19. The zero-order chi connectivity index (χ0) is 18.2. The fourth-order valence-corrected chi connectivity index (χ4v) is 3.13. The summed E-state index contributed by atoms with van der Waals surface area (Å²) in [6, 6.07) is 6.78. The molecule has 1 aromatic rings. The van der Waals surface area contributed by atoms with Crippen LogP contribution in [0.4, 0.5) is 0 Å². The summed E-state index contributed by atoms with van der Waals surface area (Å²) in [5.41, 5.74) is 0.929. The number of benzene rings is 1. The van der Waals surface area contributed by atoms with Crippen molar-refractivity contribution in [2.45, 2.75) is 39.0 Å². The third-order valence-electron chi connectivity index (χ3n) is 4.62. The number of carbonyl (C=O) groups is 3. The molecule has 0 aliphatic carbocycles. The number of piperidine rings is 1. The number of carboxylic acid groups (broad SMARTS) is 1. The predicted molar refractivity (Wildman–Crippen MR) is 94.3 cm³/mol. The van der Waals surface area contributed by atoms with Crippen molar-refractivity contribution in [1.29, 1.82) is 0 Å². The maximum Gasteiger partial charge on any atom is 0.335 e. The van der Waals surface area contributed by atoms with Gasteiger partial charge in [0.2, 0.25) is 11.8 Å². The first-order chi connectivity index (χ1) is 12.0. The smallest absolute Gasteiger partial charge is 0.335 e. The summed E-state index contributed by atoms with van der Waals surface area (Å²) in [5, 5.41) is 12.1. The maximum atomic E-state index is 12.4. The topological polar surface area (TPSA) is 86.7 Å². The second-order valence-corrected chi connectivity index (χ2v) is 6.41. The normalized spacial score (nSPS) is 15.0. The second-order valence-electron chi connectivity index (χ2n) is 6.41. The molecule has 6 heteroatoms. The third-order valence-corrected chi connectivity index (χ3v) is 4.62. The Kier molecular flexibility index (Phi) is 6.98. The molecule has 0 radical (unpaired) electrons. The van der Waals surface area contributed by atoms with Gasteiger partial charge in [-0.05, 0) is 37.3 Å². The van der Waals surface area contributed by atoms with Crippen LogP contribution in [0.5, 0.6) is 0 Å². The number of carbonyl (C=O) groups excluding carboxylic acids is 2. The van der Waals surface area contributed by atoms with Gasteiger partial charge in [-0.15, -0.1) is 0 Å². The Morgan fingerprint density at radius 2 is 1.88 bits per heavy atom. The molecule has 1 aliphatic rings. The van der Waals surface area contributed by atoms with Crippen LogP contribution < -0.4 is 5.32 Å². The highest BCUT2D eigenvalue weighted by atomic mass is 16.4. The summed E-state index contributed by atoms with van der Waals surface area (Å²) in [5.74, 6) is -0.873. The minimum absolute atomic E-state index is 0.0108. The van der Waals surface area contributed by atoms with Crippen LogP contribution in [0.15, 0.2) is 24.3 Å². The van der Waals surface area contributed by atoms with Crippen LogP contribution in [0.1, 0.15) is 48.5 Å². The van der Waals surface area contributed by atoms with E-state index in [1.165, 1.54) is 0 Å². The number of aryl methyl sites for hydroxylation is 1. The van der Waals surface area contributed by atoms with E-state index in [1.807, 2.05) is 6.92 Å². The molecule has 1 saturated heterocycles. The Bertz CT molecular complexity index is 622. The number of rotatable bonds is 7. The van der Waals surface area contributed by atoms with Gasteiger partial charge in [-0.3, -0.25) is 9.59 Å². The molecular weight excluding hydrogens is 320 g/mol. The molecule has 1 aromatic carbocycles. The molecule has 1 aliphatic heterocycles. The summed E-state index contributed by atoms with van der Waals surface area (Å²) >= 11 is 0. The molecule has 136 valence electrons. The first kappa shape index (κ1) is 19.0. The number of likely N-dealkylation sites (tertiary alicyclic amines) is 1. The lowest BCUT2D eigenvalue weighted by Crippen LogP contribution is -2.43.